The van der Waals surface area contributed by atoms with Crippen LogP contribution in [0.25, 0.3) is 0 Å². The topological polar surface area (TPSA) is 101 Å². The molecule has 2 N–H and O–H groups in total. The van der Waals surface area contributed by atoms with Gasteiger partial charge in [-0.15, -0.1) is 0 Å². The number of nitrogens with one attached hydrogen (secondary N) is 2. The van der Waals surface area contributed by atoms with Crippen molar-refractivity contribution in [3.05, 3.63) is 54.4 Å². The Morgan fingerprint density at radius 2 is 1.70 bits per heavy atom. The van der Waals surface area contributed by atoms with E-state index >= 15 is 0 Å². The third-order valence-corrected chi connectivity index (χ3v) is 3.99. The molecule has 8 heteroatoms. The average Bonchev–Trinajstić information content (AvgIpc) is 2.47. The van der Waals surface area contributed by atoms with Crippen LogP contribution in [0.15, 0.2) is 59.3 Å². The predicted octanol–water partition coefficient (Wildman–Crippen LogP) is 2.18. The summed E-state index contributed by atoms with van der Waals surface area (Å²) in [7, 11) is -3.78. The third-order valence-electron chi connectivity index (χ3n) is 2.64. The van der Waals surface area contributed by atoms with Gasteiger partial charge in [0.1, 0.15) is 0 Å². The van der Waals surface area contributed by atoms with Crippen molar-refractivity contribution in [1.82, 2.24) is 9.97 Å². The number of hydrogen-bond acceptors (Lipinski definition) is 5. The minimum Gasteiger partial charge on any atom is -0.323 e. The lowest BCUT2D eigenvalue weighted by Crippen LogP contribution is -2.15. The van der Waals surface area contributed by atoms with Crippen molar-refractivity contribution >= 4 is 27.6 Å². The smallest absolute Gasteiger partial charge is 0.264 e. The maximum absolute atomic E-state index is 12.2. The summed E-state index contributed by atoms with van der Waals surface area (Å²) < 4.78 is 26.7. The van der Waals surface area contributed by atoms with Gasteiger partial charge in [-0.2, -0.15) is 0 Å². The first kappa shape index (κ1) is 16.6. The highest BCUT2D eigenvalue weighted by atomic mass is 32.2. The van der Waals surface area contributed by atoms with Gasteiger partial charge in [0, 0.05) is 24.2 Å². The van der Waals surface area contributed by atoms with Gasteiger partial charge in [0.15, 0.2) is 0 Å². The Bertz CT molecular complexity index is 812. The second-order valence-corrected chi connectivity index (χ2v) is 6.60. The number of amides is 1. The molecule has 0 radical (unpaired) electrons. The highest BCUT2D eigenvalue weighted by molar-refractivity contribution is 7.92. The number of benzene rings is 1. The first-order valence-electron chi connectivity index (χ1n) is 6.72. The largest absolute Gasteiger partial charge is 0.323 e. The number of anilines is 2. The molecule has 0 aliphatic rings. The SMILES string of the molecule is CC(C)=CC(=O)Nc1ccc(S(=O)(=O)Nc2ncccn2)cc1. The van der Waals surface area contributed by atoms with Gasteiger partial charge in [0.2, 0.25) is 11.9 Å². The van der Waals surface area contributed by atoms with E-state index in [9.17, 15) is 13.2 Å². The van der Waals surface area contributed by atoms with Gasteiger partial charge in [-0.25, -0.2) is 23.1 Å². The van der Waals surface area contributed by atoms with Crippen molar-refractivity contribution in [2.24, 2.45) is 0 Å². The van der Waals surface area contributed by atoms with E-state index < -0.39 is 10.0 Å². The minimum atomic E-state index is -3.78. The highest BCUT2D eigenvalue weighted by Crippen LogP contribution is 2.16. The van der Waals surface area contributed by atoms with Crippen LogP contribution in [-0.4, -0.2) is 24.3 Å². The summed E-state index contributed by atoms with van der Waals surface area (Å²) in [4.78, 5) is 19.3. The predicted molar refractivity (Wildman–Crippen MR) is 87.3 cm³/mol. The van der Waals surface area contributed by atoms with Crippen molar-refractivity contribution in [2.45, 2.75) is 18.7 Å². The molecular formula is C15H16N4O3S. The van der Waals surface area contributed by atoms with Crippen LogP contribution in [0.4, 0.5) is 11.6 Å². The fourth-order valence-corrected chi connectivity index (χ4v) is 2.65. The van der Waals surface area contributed by atoms with Crippen LogP contribution in [0.1, 0.15) is 13.8 Å². The molecule has 0 aliphatic heterocycles. The van der Waals surface area contributed by atoms with E-state index in [1.54, 1.807) is 6.07 Å². The molecule has 1 amide bonds. The number of carbonyl (C=O) groups is 1. The van der Waals surface area contributed by atoms with E-state index in [0.717, 1.165) is 5.57 Å². The lowest BCUT2D eigenvalue weighted by Gasteiger charge is -2.07. The van der Waals surface area contributed by atoms with E-state index in [4.69, 9.17) is 0 Å². The fraction of sp³-hybridized carbons (Fsp3) is 0.133. The minimum absolute atomic E-state index is 0.00608. The molecule has 0 saturated heterocycles. The number of carbonyl (C=O) groups excluding carboxylic acids is 1. The number of allylic oxidation sites excluding steroid dienone is 1. The van der Waals surface area contributed by atoms with Crippen molar-refractivity contribution in [3.63, 3.8) is 0 Å². The zero-order valence-corrected chi connectivity index (χ0v) is 13.5. The van der Waals surface area contributed by atoms with Gasteiger partial charge in [-0.05, 0) is 44.2 Å². The van der Waals surface area contributed by atoms with E-state index in [2.05, 4.69) is 20.0 Å². The maximum atomic E-state index is 12.2. The Labute approximate surface area is 134 Å². The molecule has 120 valence electrons. The lowest BCUT2D eigenvalue weighted by atomic mass is 10.3. The van der Waals surface area contributed by atoms with Gasteiger partial charge in [0.05, 0.1) is 4.90 Å². The zero-order valence-electron chi connectivity index (χ0n) is 12.6. The van der Waals surface area contributed by atoms with Gasteiger partial charge in [0.25, 0.3) is 10.0 Å². The van der Waals surface area contributed by atoms with Gasteiger partial charge in [-0.1, -0.05) is 5.57 Å². The summed E-state index contributed by atoms with van der Waals surface area (Å²) in [6, 6.07) is 7.39. The first-order valence-corrected chi connectivity index (χ1v) is 8.21. The Hall–Kier alpha value is -2.74. The van der Waals surface area contributed by atoms with Crippen LogP contribution < -0.4 is 10.0 Å². The summed E-state index contributed by atoms with van der Waals surface area (Å²) in [6.45, 7) is 3.62. The number of sulfonamides is 1. The summed E-state index contributed by atoms with van der Waals surface area (Å²) >= 11 is 0. The normalized spacial score (nSPS) is 10.7. The molecular weight excluding hydrogens is 316 g/mol. The van der Waals surface area contributed by atoms with E-state index in [-0.39, 0.29) is 16.8 Å². The highest BCUT2D eigenvalue weighted by Gasteiger charge is 2.15. The molecule has 1 heterocycles. The molecule has 0 spiro atoms. The molecule has 0 unspecified atom stereocenters. The molecule has 0 saturated carbocycles. The monoisotopic (exact) mass is 332 g/mol. The van der Waals surface area contributed by atoms with Gasteiger partial charge < -0.3 is 5.32 Å². The molecule has 0 atom stereocenters. The number of aromatic nitrogens is 2. The molecule has 1 aromatic carbocycles. The van der Waals surface area contributed by atoms with E-state index in [1.165, 1.54) is 42.7 Å². The summed E-state index contributed by atoms with van der Waals surface area (Å²) in [5.41, 5.74) is 1.37. The number of hydrogen-bond donors (Lipinski definition) is 2. The molecule has 2 aromatic rings. The van der Waals surface area contributed by atoms with Crippen LogP contribution in [-0.2, 0) is 14.8 Å². The van der Waals surface area contributed by atoms with Gasteiger partial charge in [-0.3, -0.25) is 4.79 Å². The van der Waals surface area contributed by atoms with Crippen molar-refractivity contribution in [1.29, 1.82) is 0 Å². The lowest BCUT2D eigenvalue weighted by molar-refractivity contribution is -0.111. The van der Waals surface area contributed by atoms with Crippen LogP contribution in [0, 0.1) is 0 Å². The fourth-order valence-electron chi connectivity index (χ4n) is 1.69. The maximum Gasteiger partial charge on any atom is 0.264 e. The zero-order chi connectivity index (χ0) is 16.9. The average molecular weight is 332 g/mol. The Morgan fingerprint density at radius 1 is 1.09 bits per heavy atom. The second-order valence-electron chi connectivity index (χ2n) is 4.91. The summed E-state index contributed by atoms with van der Waals surface area (Å²) in [5.74, 6) is -0.273. The molecule has 0 fully saturated rings. The molecule has 2 rings (SSSR count). The molecule has 23 heavy (non-hydrogen) atoms. The molecule has 7 nitrogen and oxygen atoms in total. The number of rotatable bonds is 5. The standard InChI is InChI=1S/C15H16N4O3S/c1-11(2)10-14(20)18-12-4-6-13(7-5-12)23(21,22)19-15-16-8-3-9-17-15/h3-10H,1-2H3,(H,18,20)(H,16,17,19). The molecule has 0 bridgehead atoms. The summed E-state index contributed by atoms with van der Waals surface area (Å²) in [6.07, 6.45) is 4.33. The van der Waals surface area contributed by atoms with Crippen molar-refractivity contribution in [2.75, 3.05) is 10.0 Å². The van der Waals surface area contributed by atoms with Crippen LogP contribution >= 0.6 is 0 Å². The second kappa shape index (κ2) is 7.01. The molecule has 0 aliphatic carbocycles. The Kier molecular flexibility index (Phi) is 5.07. The Balaban J connectivity index is 2.12. The first-order chi connectivity index (χ1) is 10.9. The van der Waals surface area contributed by atoms with E-state index in [1.807, 2.05) is 13.8 Å². The third kappa shape index (κ3) is 4.89. The van der Waals surface area contributed by atoms with Crippen LogP contribution in [0.2, 0.25) is 0 Å². The molecule has 1 aromatic heterocycles. The quantitative estimate of drug-likeness (QED) is 0.817. The van der Waals surface area contributed by atoms with Crippen molar-refractivity contribution < 1.29 is 13.2 Å². The Morgan fingerprint density at radius 3 is 2.26 bits per heavy atom. The van der Waals surface area contributed by atoms with Crippen LogP contribution in [0.5, 0.6) is 0 Å². The van der Waals surface area contributed by atoms with Crippen molar-refractivity contribution in [3.8, 4) is 0 Å². The number of nitrogens with zero attached hydrogens (tertiary/aromatic N) is 2. The van der Waals surface area contributed by atoms with Gasteiger partial charge >= 0.3 is 0 Å². The summed E-state index contributed by atoms with van der Waals surface area (Å²) in [5, 5.41) is 2.65. The van der Waals surface area contributed by atoms with E-state index in [0.29, 0.717) is 5.69 Å². The van der Waals surface area contributed by atoms with Crippen LogP contribution in [0.3, 0.4) is 0 Å².